The second kappa shape index (κ2) is 5.19. The third kappa shape index (κ3) is 2.46. The number of hydrogen-bond acceptors (Lipinski definition) is 3. The van der Waals surface area contributed by atoms with E-state index in [4.69, 9.17) is 4.74 Å². The highest BCUT2D eigenvalue weighted by Crippen LogP contribution is 2.28. The summed E-state index contributed by atoms with van der Waals surface area (Å²) in [5, 5.41) is 3.58. The summed E-state index contributed by atoms with van der Waals surface area (Å²) in [6.07, 6.45) is 5.09. The van der Waals surface area contributed by atoms with Crippen LogP contribution >= 0.6 is 0 Å². The minimum Gasteiger partial charge on any atom is -0.493 e. The molecule has 2 aliphatic heterocycles. The molecule has 0 saturated carbocycles. The zero-order valence-electron chi connectivity index (χ0n) is 11.1. The fourth-order valence-corrected chi connectivity index (χ4v) is 2.93. The lowest BCUT2D eigenvalue weighted by Gasteiger charge is -2.32. The van der Waals surface area contributed by atoms with Gasteiger partial charge in [0.05, 0.1) is 6.61 Å². The molecule has 1 fully saturated rings. The van der Waals surface area contributed by atoms with E-state index >= 15 is 0 Å². The molecule has 2 aliphatic rings. The molecule has 1 saturated heterocycles. The molecule has 1 aromatic rings. The Hall–Kier alpha value is -1.22. The molecule has 3 heteroatoms. The van der Waals surface area contributed by atoms with Gasteiger partial charge in [0.25, 0.3) is 0 Å². The predicted molar refractivity (Wildman–Crippen MR) is 74.4 cm³/mol. The molecule has 1 unspecified atom stereocenters. The fraction of sp³-hybridized carbons (Fsp3) is 0.600. The third-order valence-electron chi connectivity index (χ3n) is 4.15. The van der Waals surface area contributed by atoms with Gasteiger partial charge < -0.3 is 15.0 Å². The van der Waals surface area contributed by atoms with E-state index in [1.165, 1.54) is 37.1 Å². The Kier molecular flexibility index (Phi) is 3.41. The molecule has 1 aromatic carbocycles. The van der Waals surface area contributed by atoms with Crippen LogP contribution in [-0.2, 0) is 6.42 Å². The molecular formula is C15H22N2O. The minimum absolute atomic E-state index is 0.684. The van der Waals surface area contributed by atoms with Crippen molar-refractivity contribution in [1.29, 1.82) is 0 Å². The summed E-state index contributed by atoms with van der Waals surface area (Å²) >= 11 is 0. The topological polar surface area (TPSA) is 24.5 Å². The van der Waals surface area contributed by atoms with Gasteiger partial charge in [-0.2, -0.15) is 0 Å². The van der Waals surface area contributed by atoms with Crippen molar-refractivity contribution in [3.05, 3.63) is 23.8 Å². The highest BCUT2D eigenvalue weighted by atomic mass is 16.5. The average molecular weight is 246 g/mol. The van der Waals surface area contributed by atoms with Crippen LogP contribution in [0.5, 0.6) is 5.75 Å². The molecule has 0 spiro atoms. The second-order valence-corrected chi connectivity index (χ2v) is 5.43. The summed E-state index contributed by atoms with van der Waals surface area (Å²) in [4.78, 5) is 2.48. The van der Waals surface area contributed by atoms with E-state index in [0.717, 1.165) is 25.3 Å². The van der Waals surface area contributed by atoms with Gasteiger partial charge in [-0.25, -0.2) is 0 Å². The first-order valence-corrected chi connectivity index (χ1v) is 7.03. The fourth-order valence-electron chi connectivity index (χ4n) is 2.93. The number of rotatable bonds is 3. The van der Waals surface area contributed by atoms with Gasteiger partial charge in [0, 0.05) is 24.7 Å². The standard InChI is InChI=1S/C15H22N2O/c1-17-8-3-2-4-14(17)11-16-13-5-6-15-12(10-13)7-9-18-15/h5-6,10,14,16H,2-4,7-9,11H2,1H3. The average Bonchev–Trinajstić information content (AvgIpc) is 2.85. The Morgan fingerprint density at radius 2 is 2.33 bits per heavy atom. The van der Waals surface area contributed by atoms with E-state index in [2.05, 4.69) is 35.5 Å². The molecule has 1 atom stereocenters. The van der Waals surface area contributed by atoms with Crippen LogP contribution in [0.15, 0.2) is 18.2 Å². The number of likely N-dealkylation sites (tertiary alicyclic amines) is 1. The number of likely N-dealkylation sites (N-methyl/N-ethyl adjacent to an activating group) is 1. The second-order valence-electron chi connectivity index (χ2n) is 5.43. The maximum absolute atomic E-state index is 5.53. The molecule has 0 amide bonds. The molecule has 1 N–H and O–H groups in total. The number of ether oxygens (including phenoxy) is 1. The lowest BCUT2D eigenvalue weighted by molar-refractivity contribution is 0.194. The van der Waals surface area contributed by atoms with Gasteiger partial charge >= 0.3 is 0 Å². The Morgan fingerprint density at radius 1 is 1.39 bits per heavy atom. The lowest BCUT2D eigenvalue weighted by atomic mass is 10.0. The van der Waals surface area contributed by atoms with Gasteiger partial charge in [-0.05, 0) is 50.2 Å². The monoisotopic (exact) mass is 246 g/mol. The van der Waals surface area contributed by atoms with Gasteiger partial charge in [-0.1, -0.05) is 6.42 Å². The lowest BCUT2D eigenvalue weighted by Crippen LogP contribution is -2.40. The highest BCUT2D eigenvalue weighted by molar-refractivity contribution is 5.52. The summed E-state index contributed by atoms with van der Waals surface area (Å²) in [6, 6.07) is 7.15. The summed E-state index contributed by atoms with van der Waals surface area (Å²) in [7, 11) is 2.24. The van der Waals surface area contributed by atoms with Gasteiger partial charge in [0.1, 0.15) is 5.75 Å². The van der Waals surface area contributed by atoms with E-state index in [1.807, 2.05) is 0 Å². The number of hydrogen-bond donors (Lipinski definition) is 1. The maximum Gasteiger partial charge on any atom is 0.122 e. The Morgan fingerprint density at radius 3 is 3.22 bits per heavy atom. The van der Waals surface area contributed by atoms with Gasteiger partial charge in [-0.15, -0.1) is 0 Å². The SMILES string of the molecule is CN1CCCCC1CNc1ccc2c(c1)CCO2. The largest absolute Gasteiger partial charge is 0.493 e. The molecular weight excluding hydrogens is 224 g/mol. The third-order valence-corrected chi connectivity index (χ3v) is 4.15. The molecule has 0 aromatic heterocycles. The quantitative estimate of drug-likeness (QED) is 0.887. The molecule has 0 aliphatic carbocycles. The van der Waals surface area contributed by atoms with Crippen LogP contribution in [0.3, 0.4) is 0 Å². The highest BCUT2D eigenvalue weighted by Gasteiger charge is 2.18. The van der Waals surface area contributed by atoms with Crippen molar-refractivity contribution in [3.8, 4) is 5.75 Å². The maximum atomic E-state index is 5.53. The number of benzene rings is 1. The Labute approximate surface area is 109 Å². The van der Waals surface area contributed by atoms with Crippen LogP contribution in [0.25, 0.3) is 0 Å². The first-order valence-electron chi connectivity index (χ1n) is 7.03. The minimum atomic E-state index is 0.684. The number of fused-ring (bicyclic) bond motifs is 1. The summed E-state index contributed by atoms with van der Waals surface area (Å²) in [6.45, 7) is 3.13. The van der Waals surface area contributed by atoms with Crippen molar-refractivity contribution in [2.24, 2.45) is 0 Å². The van der Waals surface area contributed by atoms with Gasteiger partial charge in [-0.3, -0.25) is 0 Å². The Balaban J connectivity index is 1.59. The summed E-state index contributed by atoms with van der Waals surface area (Å²) in [5.74, 6) is 1.07. The number of nitrogens with one attached hydrogen (secondary N) is 1. The van der Waals surface area contributed by atoms with Crippen LogP contribution in [0.4, 0.5) is 5.69 Å². The molecule has 3 nitrogen and oxygen atoms in total. The normalized spacial score (nSPS) is 23.5. The van der Waals surface area contributed by atoms with E-state index in [1.54, 1.807) is 0 Å². The van der Waals surface area contributed by atoms with Crippen molar-refractivity contribution in [2.45, 2.75) is 31.7 Å². The molecule has 0 bridgehead atoms. The van der Waals surface area contributed by atoms with Crippen LogP contribution in [-0.4, -0.2) is 37.7 Å². The Bertz CT molecular complexity index is 419. The zero-order chi connectivity index (χ0) is 12.4. The summed E-state index contributed by atoms with van der Waals surface area (Å²) < 4.78 is 5.53. The van der Waals surface area contributed by atoms with Crippen LogP contribution in [0.1, 0.15) is 24.8 Å². The molecule has 18 heavy (non-hydrogen) atoms. The van der Waals surface area contributed by atoms with E-state index in [-0.39, 0.29) is 0 Å². The smallest absolute Gasteiger partial charge is 0.122 e. The van der Waals surface area contributed by atoms with Gasteiger partial charge in [0.2, 0.25) is 0 Å². The first kappa shape index (κ1) is 11.8. The molecule has 2 heterocycles. The van der Waals surface area contributed by atoms with Crippen molar-refractivity contribution in [2.75, 3.05) is 32.1 Å². The van der Waals surface area contributed by atoms with Crippen molar-refractivity contribution in [3.63, 3.8) is 0 Å². The zero-order valence-corrected chi connectivity index (χ0v) is 11.1. The molecule has 98 valence electrons. The molecule has 0 radical (unpaired) electrons. The van der Waals surface area contributed by atoms with Crippen molar-refractivity contribution >= 4 is 5.69 Å². The predicted octanol–water partition coefficient (Wildman–Crippen LogP) is 2.52. The van der Waals surface area contributed by atoms with Gasteiger partial charge in [0.15, 0.2) is 0 Å². The van der Waals surface area contributed by atoms with Crippen molar-refractivity contribution in [1.82, 2.24) is 4.90 Å². The van der Waals surface area contributed by atoms with E-state index in [0.29, 0.717) is 6.04 Å². The van der Waals surface area contributed by atoms with E-state index < -0.39 is 0 Å². The van der Waals surface area contributed by atoms with Crippen LogP contribution < -0.4 is 10.1 Å². The number of piperidine rings is 1. The van der Waals surface area contributed by atoms with E-state index in [9.17, 15) is 0 Å². The number of anilines is 1. The summed E-state index contributed by atoms with van der Waals surface area (Å²) in [5.41, 5.74) is 2.58. The first-order chi connectivity index (χ1) is 8.83. The number of nitrogens with zero attached hydrogens (tertiary/aromatic N) is 1. The molecule has 3 rings (SSSR count). The van der Waals surface area contributed by atoms with Crippen molar-refractivity contribution < 1.29 is 4.74 Å². The van der Waals surface area contributed by atoms with Crippen LogP contribution in [0.2, 0.25) is 0 Å². The van der Waals surface area contributed by atoms with Crippen LogP contribution in [0, 0.1) is 0 Å².